The zero-order chi connectivity index (χ0) is 95.1. The second-order valence-electron chi connectivity index (χ2n) is 35.7. The highest BCUT2D eigenvalue weighted by atomic mass is 32.1. The molecule has 0 radical (unpaired) electrons. The Morgan fingerprint density at radius 1 is 0.132 bits per heavy atom. The Labute approximate surface area is 837 Å². The molecule has 9 aromatic heterocycles. The van der Waals surface area contributed by atoms with Crippen molar-refractivity contribution in [3.63, 3.8) is 0 Å². The maximum Gasteiger partial charge on any atom is 0.164 e. The summed E-state index contributed by atoms with van der Waals surface area (Å²) in [7, 11) is 0. The monoisotopic (exact) mass is 1900 g/mol. The molecule has 20 aromatic carbocycles. The first-order valence-electron chi connectivity index (χ1n) is 47.7. The van der Waals surface area contributed by atoms with E-state index in [2.05, 4.69) is 273 Å². The Morgan fingerprint density at radius 2 is 0.396 bits per heavy atom. The molecule has 0 aliphatic heterocycles. The van der Waals surface area contributed by atoms with Gasteiger partial charge in [0.2, 0.25) is 0 Å². The largest absolute Gasteiger partial charge is 0.456 e. The van der Waals surface area contributed by atoms with Crippen LogP contribution in [0.15, 0.2) is 480 Å². The predicted molar refractivity (Wildman–Crippen MR) is 596 cm³/mol. The molecule has 15 heteroatoms. The lowest BCUT2D eigenvalue weighted by Gasteiger charge is -2.10. The van der Waals surface area contributed by atoms with Gasteiger partial charge in [-0.15, -0.1) is 34.0 Å². The Bertz CT molecular complexity index is 9860. The van der Waals surface area contributed by atoms with Crippen LogP contribution >= 0.6 is 34.0 Å². The second-order valence-corrected chi connectivity index (χ2v) is 38.9. The molecule has 674 valence electrons. The normalized spacial score (nSPS) is 11.6. The first-order valence-corrected chi connectivity index (χ1v) is 50.2. The molecule has 144 heavy (non-hydrogen) atoms. The van der Waals surface area contributed by atoms with Crippen molar-refractivity contribution < 1.29 is 13.3 Å². The van der Waals surface area contributed by atoms with Crippen LogP contribution in [0.1, 0.15) is 0 Å². The Balaban J connectivity index is 0.000000108. The summed E-state index contributed by atoms with van der Waals surface area (Å²) >= 11 is 5.47. The highest BCUT2D eigenvalue weighted by molar-refractivity contribution is 7.27. The van der Waals surface area contributed by atoms with Crippen molar-refractivity contribution in [2.45, 2.75) is 0 Å². The average molecular weight is 1900 g/mol. The van der Waals surface area contributed by atoms with Gasteiger partial charge in [-0.1, -0.05) is 364 Å². The maximum atomic E-state index is 6.45. The summed E-state index contributed by atoms with van der Waals surface area (Å²) in [5.74, 6) is 5.86. The number of benzene rings is 20. The first kappa shape index (κ1) is 84.7. The molecule has 29 aromatic rings. The van der Waals surface area contributed by atoms with E-state index in [1.165, 1.54) is 82.2 Å². The van der Waals surface area contributed by atoms with Crippen LogP contribution in [0.2, 0.25) is 0 Å². The van der Waals surface area contributed by atoms with Crippen molar-refractivity contribution in [2.75, 3.05) is 0 Å². The smallest absolute Gasteiger partial charge is 0.164 e. The molecule has 0 spiro atoms. The molecular formula is C129H77N9O3S3. The number of aromatic nitrogens is 9. The molecular weight excluding hydrogens is 1820 g/mol. The molecule has 0 bridgehead atoms. The van der Waals surface area contributed by atoms with Gasteiger partial charge in [-0.2, -0.15) is 0 Å². The van der Waals surface area contributed by atoms with Gasteiger partial charge in [0.1, 0.15) is 27.9 Å². The summed E-state index contributed by atoms with van der Waals surface area (Å²) in [5, 5.41) is 14.6. The quantitative estimate of drug-likeness (QED) is 0.102. The van der Waals surface area contributed by atoms with Crippen molar-refractivity contribution in [3.8, 4) is 158 Å². The van der Waals surface area contributed by atoms with Crippen LogP contribution in [-0.2, 0) is 0 Å². The third-order valence-electron chi connectivity index (χ3n) is 26.8. The Hall–Kier alpha value is -18.5. The van der Waals surface area contributed by atoms with E-state index in [0.717, 1.165) is 150 Å². The SMILES string of the molecule is c1ccc(-c2nc(-c3ccccc3)nc(-c3ccc(-c4ccc5sc6c(ccc7c8ccccc8oc76)c5c4)cc3)n2)cc1.c1ccc(-c2nc(-c3ccccc3)nc(-c3ccc(-c4cccc(-c5ccc6c(c5)oc5ccc7c8ccccc8sc7c56)c4)cc3)n2)cc1.c1ccc(-c2nc(-c3ccccc3)nc(-c3cccc(-c4cccc(-c5ccc6oc7ccc8c9ccccc9sc8c7c6c5)c4)c3)n2)cc1. The fourth-order valence-electron chi connectivity index (χ4n) is 19.7. The minimum atomic E-state index is 0.639. The number of thiophene rings is 3. The van der Waals surface area contributed by atoms with Crippen molar-refractivity contribution in [1.82, 2.24) is 44.9 Å². The van der Waals surface area contributed by atoms with Gasteiger partial charge < -0.3 is 13.3 Å². The van der Waals surface area contributed by atoms with Crippen molar-refractivity contribution in [1.29, 1.82) is 0 Å². The van der Waals surface area contributed by atoms with Crippen molar-refractivity contribution >= 4 is 160 Å². The number of hydrogen-bond acceptors (Lipinski definition) is 15. The third-order valence-corrected chi connectivity index (χ3v) is 30.4. The Morgan fingerprint density at radius 3 is 0.854 bits per heavy atom. The molecule has 0 saturated heterocycles. The van der Waals surface area contributed by atoms with Crippen molar-refractivity contribution in [3.05, 3.63) is 467 Å². The molecule has 0 N–H and O–H groups in total. The molecule has 0 amide bonds. The minimum Gasteiger partial charge on any atom is -0.456 e. The van der Waals surface area contributed by atoms with E-state index in [1.54, 1.807) is 11.3 Å². The van der Waals surface area contributed by atoms with E-state index in [9.17, 15) is 0 Å². The molecule has 12 nitrogen and oxygen atoms in total. The summed E-state index contributed by atoms with van der Waals surface area (Å²) in [4.78, 5) is 44.0. The molecule has 0 aliphatic carbocycles. The van der Waals surface area contributed by atoms with E-state index in [0.29, 0.717) is 52.4 Å². The maximum absolute atomic E-state index is 6.45. The average Bonchev–Trinajstić information content (AvgIpc) is 1.57. The molecule has 0 fully saturated rings. The van der Waals surface area contributed by atoms with Gasteiger partial charge in [0.15, 0.2) is 58.0 Å². The van der Waals surface area contributed by atoms with Crippen LogP contribution in [0.25, 0.3) is 284 Å². The fraction of sp³-hybridized carbons (Fsp3) is 0. The number of para-hydroxylation sites is 1. The number of furan rings is 3. The van der Waals surface area contributed by atoms with Crippen LogP contribution in [-0.4, -0.2) is 44.9 Å². The van der Waals surface area contributed by atoms with E-state index in [4.69, 9.17) is 58.1 Å². The zero-order valence-corrected chi connectivity index (χ0v) is 79.4. The lowest BCUT2D eigenvalue weighted by atomic mass is 9.97. The van der Waals surface area contributed by atoms with E-state index < -0.39 is 0 Å². The van der Waals surface area contributed by atoms with Gasteiger partial charge >= 0.3 is 0 Å². The van der Waals surface area contributed by atoms with Crippen molar-refractivity contribution in [2.24, 2.45) is 0 Å². The molecule has 9 heterocycles. The molecule has 0 unspecified atom stereocenters. The number of fused-ring (bicyclic) bond motifs is 21. The molecule has 0 saturated carbocycles. The first-order chi connectivity index (χ1) is 71.3. The van der Waals surface area contributed by atoms with E-state index >= 15 is 0 Å². The lowest BCUT2D eigenvalue weighted by Crippen LogP contribution is -2.00. The van der Waals surface area contributed by atoms with Crippen LogP contribution in [0.5, 0.6) is 0 Å². The van der Waals surface area contributed by atoms with Gasteiger partial charge in [0.05, 0.1) is 4.70 Å². The topological polar surface area (TPSA) is 155 Å². The number of hydrogen-bond donors (Lipinski definition) is 0. The van der Waals surface area contributed by atoms with Gasteiger partial charge in [-0.3, -0.25) is 0 Å². The minimum absolute atomic E-state index is 0.639. The number of nitrogens with zero attached hydrogens (tertiary/aromatic N) is 9. The van der Waals surface area contributed by atoms with Gasteiger partial charge in [-0.05, 0) is 159 Å². The van der Waals surface area contributed by atoms with Crippen LogP contribution in [0.4, 0.5) is 0 Å². The summed E-state index contributed by atoms with van der Waals surface area (Å²) in [5.41, 5.74) is 25.4. The fourth-order valence-corrected chi connectivity index (χ4v) is 23.4. The van der Waals surface area contributed by atoms with Gasteiger partial charge in [0, 0.05) is 138 Å². The van der Waals surface area contributed by atoms with E-state index in [-0.39, 0.29) is 0 Å². The van der Waals surface area contributed by atoms with Crippen LogP contribution in [0.3, 0.4) is 0 Å². The zero-order valence-electron chi connectivity index (χ0n) is 76.9. The standard InChI is InChI=1S/2C45H27N3OS.C39H23N3OS/c1-3-11-28(12-4-1)43-46-44(29-13-5-2-6-14-29)48-45(47-43)34-18-10-17-32(26-34)30-15-9-16-31(25-30)33-21-23-38-37(27-33)41-39(49-38)24-22-36-35-19-7-8-20-40(35)50-42(36)41;1-3-10-29(11-4-1)43-46-44(30-12-5-2-6-13-30)48-45(47-43)31-20-18-28(19-21-31)32-14-9-15-33(26-32)34-22-23-37-39(27-34)49-38-25-24-36-35-16-7-8-17-40(35)50-42(36)41(37)38;1-3-9-25(10-4-1)37-40-38(26-11-5-2-6-12-26)42-39(41-37)27-17-15-24(16-18-27)28-19-22-34-32(23-28)31-21-20-30-29-13-7-8-14-33(29)43-35(30)36(31)44-34/h2*1-27H;1-23H. The Kier molecular flexibility index (Phi) is 21.2. The second kappa shape index (κ2) is 36.0. The molecule has 29 rings (SSSR count). The van der Waals surface area contributed by atoms with E-state index in [1.807, 2.05) is 217 Å². The predicted octanol–water partition coefficient (Wildman–Crippen LogP) is 35.8. The summed E-state index contributed by atoms with van der Waals surface area (Å²) in [6.45, 7) is 0. The lowest BCUT2D eigenvalue weighted by molar-refractivity contribution is 0.669. The molecule has 0 aliphatic rings. The van der Waals surface area contributed by atoms with Crippen LogP contribution < -0.4 is 0 Å². The van der Waals surface area contributed by atoms with Crippen LogP contribution in [0, 0.1) is 0 Å². The highest BCUT2D eigenvalue weighted by Crippen LogP contribution is 2.49. The third kappa shape index (κ3) is 15.8. The van der Waals surface area contributed by atoms with Gasteiger partial charge in [-0.25, -0.2) is 44.9 Å². The summed E-state index contributed by atoms with van der Waals surface area (Å²) < 4.78 is 26.7. The summed E-state index contributed by atoms with van der Waals surface area (Å²) in [6, 6.07) is 162. The molecule has 0 atom stereocenters. The summed E-state index contributed by atoms with van der Waals surface area (Å²) in [6.07, 6.45) is 0. The van der Waals surface area contributed by atoms with Gasteiger partial charge in [0.25, 0.3) is 0 Å². The number of rotatable bonds is 14. The highest BCUT2D eigenvalue weighted by Gasteiger charge is 2.24.